The van der Waals surface area contributed by atoms with Crippen LogP contribution in [0.25, 0.3) is 0 Å². The molecule has 0 unspecified atom stereocenters. The van der Waals surface area contributed by atoms with Crippen LogP contribution >= 0.6 is 0 Å². The summed E-state index contributed by atoms with van der Waals surface area (Å²) in [6.07, 6.45) is 0.475. The van der Waals surface area contributed by atoms with Crippen molar-refractivity contribution in [2.45, 2.75) is 25.5 Å². The SMILES string of the molecule is COC(=O)[C@@H]1C[C@H](Oc2cccc(NC(C)=O)c2)CN1. The molecule has 108 valence electrons. The maximum absolute atomic E-state index is 11.4. The van der Waals surface area contributed by atoms with Gasteiger partial charge in [-0.15, -0.1) is 0 Å². The molecule has 0 radical (unpaired) electrons. The first-order valence-electron chi connectivity index (χ1n) is 6.44. The number of ether oxygens (including phenoxy) is 2. The summed E-state index contributed by atoms with van der Waals surface area (Å²) in [6, 6.07) is 6.85. The summed E-state index contributed by atoms with van der Waals surface area (Å²) < 4.78 is 10.5. The molecule has 0 spiro atoms. The van der Waals surface area contributed by atoms with Gasteiger partial charge in [0.2, 0.25) is 5.91 Å². The Morgan fingerprint density at radius 1 is 1.40 bits per heavy atom. The van der Waals surface area contributed by atoms with Gasteiger partial charge in [0.05, 0.1) is 7.11 Å². The van der Waals surface area contributed by atoms with Gasteiger partial charge in [-0.25, -0.2) is 0 Å². The van der Waals surface area contributed by atoms with Crippen LogP contribution in [0.3, 0.4) is 0 Å². The molecule has 1 amide bonds. The number of carbonyl (C=O) groups is 2. The first-order valence-corrected chi connectivity index (χ1v) is 6.44. The molecular weight excluding hydrogens is 260 g/mol. The normalized spacial score (nSPS) is 21.3. The Hall–Kier alpha value is -2.08. The summed E-state index contributed by atoms with van der Waals surface area (Å²) in [4.78, 5) is 22.4. The molecule has 0 aliphatic carbocycles. The fraction of sp³-hybridized carbons (Fsp3) is 0.429. The lowest BCUT2D eigenvalue weighted by Crippen LogP contribution is -2.31. The van der Waals surface area contributed by atoms with Gasteiger partial charge < -0.3 is 20.1 Å². The summed E-state index contributed by atoms with van der Waals surface area (Å²) in [5, 5.41) is 5.75. The van der Waals surface area contributed by atoms with Gasteiger partial charge in [-0.3, -0.25) is 9.59 Å². The van der Waals surface area contributed by atoms with Crippen LogP contribution in [-0.2, 0) is 14.3 Å². The highest BCUT2D eigenvalue weighted by Gasteiger charge is 2.31. The molecule has 1 aromatic carbocycles. The molecule has 1 aliphatic heterocycles. The van der Waals surface area contributed by atoms with E-state index in [1.807, 2.05) is 6.07 Å². The highest BCUT2D eigenvalue weighted by Crippen LogP contribution is 2.21. The average molecular weight is 278 g/mol. The van der Waals surface area contributed by atoms with E-state index in [-0.39, 0.29) is 24.0 Å². The zero-order valence-corrected chi connectivity index (χ0v) is 11.5. The minimum absolute atomic E-state index is 0.0910. The van der Waals surface area contributed by atoms with Gasteiger partial charge >= 0.3 is 5.97 Å². The maximum Gasteiger partial charge on any atom is 0.323 e. The minimum Gasteiger partial charge on any atom is -0.489 e. The van der Waals surface area contributed by atoms with Gasteiger partial charge in [-0.05, 0) is 12.1 Å². The molecule has 0 aromatic heterocycles. The molecule has 6 heteroatoms. The zero-order chi connectivity index (χ0) is 14.5. The second-order valence-corrected chi connectivity index (χ2v) is 4.67. The van der Waals surface area contributed by atoms with E-state index in [2.05, 4.69) is 10.6 Å². The smallest absolute Gasteiger partial charge is 0.323 e. The van der Waals surface area contributed by atoms with Crippen molar-refractivity contribution >= 4 is 17.6 Å². The standard InChI is InChI=1S/C14H18N2O4/c1-9(17)16-10-4-3-5-11(6-10)20-12-7-13(15-8-12)14(18)19-2/h3-6,12-13,15H,7-8H2,1-2H3,(H,16,17)/t12-,13-/m0/s1. The van der Waals surface area contributed by atoms with Crippen molar-refractivity contribution in [2.24, 2.45) is 0 Å². The third-order valence-corrected chi connectivity index (χ3v) is 3.03. The Balaban J connectivity index is 1.94. The number of benzene rings is 1. The van der Waals surface area contributed by atoms with Crippen molar-refractivity contribution < 1.29 is 19.1 Å². The predicted octanol–water partition coefficient (Wildman–Crippen LogP) is 0.927. The Morgan fingerprint density at radius 3 is 2.90 bits per heavy atom. The number of nitrogens with one attached hydrogen (secondary N) is 2. The van der Waals surface area contributed by atoms with Gasteiger partial charge in [0.25, 0.3) is 0 Å². The largest absolute Gasteiger partial charge is 0.489 e. The van der Waals surface area contributed by atoms with Crippen molar-refractivity contribution in [3.05, 3.63) is 24.3 Å². The zero-order valence-electron chi connectivity index (χ0n) is 11.5. The van der Waals surface area contributed by atoms with E-state index < -0.39 is 0 Å². The van der Waals surface area contributed by atoms with Crippen molar-refractivity contribution in [1.82, 2.24) is 5.32 Å². The fourth-order valence-electron chi connectivity index (χ4n) is 2.16. The number of hydrogen-bond acceptors (Lipinski definition) is 5. The summed E-state index contributed by atoms with van der Waals surface area (Å²) >= 11 is 0. The van der Waals surface area contributed by atoms with Gasteiger partial charge in [-0.2, -0.15) is 0 Å². The van der Waals surface area contributed by atoms with Gasteiger partial charge in [0.1, 0.15) is 17.9 Å². The van der Waals surface area contributed by atoms with Crippen LogP contribution in [0.4, 0.5) is 5.69 Å². The monoisotopic (exact) mass is 278 g/mol. The van der Waals surface area contributed by atoms with Crippen molar-refractivity contribution in [3.63, 3.8) is 0 Å². The van der Waals surface area contributed by atoms with E-state index in [0.717, 1.165) is 0 Å². The third kappa shape index (κ3) is 3.71. The van der Waals surface area contributed by atoms with E-state index >= 15 is 0 Å². The second-order valence-electron chi connectivity index (χ2n) is 4.67. The van der Waals surface area contributed by atoms with Crippen LogP contribution in [0.5, 0.6) is 5.75 Å². The van der Waals surface area contributed by atoms with Crippen LogP contribution in [0.2, 0.25) is 0 Å². The second kappa shape index (κ2) is 6.38. The lowest BCUT2D eigenvalue weighted by molar-refractivity contribution is -0.142. The summed E-state index contributed by atoms with van der Waals surface area (Å²) in [5.41, 5.74) is 0.686. The highest BCUT2D eigenvalue weighted by molar-refractivity contribution is 5.88. The highest BCUT2D eigenvalue weighted by atomic mass is 16.5. The van der Waals surface area contributed by atoms with Crippen molar-refractivity contribution in [3.8, 4) is 5.75 Å². The van der Waals surface area contributed by atoms with Crippen molar-refractivity contribution in [1.29, 1.82) is 0 Å². The third-order valence-electron chi connectivity index (χ3n) is 3.03. The molecule has 2 rings (SSSR count). The molecule has 2 atom stereocenters. The Morgan fingerprint density at radius 2 is 2.20 bits per heavy atom. The van der Waals surface area contributed by atoms with E-state index in [0.29, 0.717) is 24.4 Å². The Labute approximate surface area is 117 Å². The molecule has 1 saturated heterocycles. The van der Waals surface area contributed by atoms with E-state index in [9.17, 15) is 9.59 Å². The van der Waals surface area contributed by atoms with Crippen LogP contribution < -0.4 is 15.4 Å². The molecule has 1 aromatic rings. The van der Waals surface area contributed by atoms with Crippen LogP contribution in [0, 0.1) is 0 Å². The minimum atomic E-state index is -0.316. The summed E-state index contributed by atoms with van der Waals surface area (Å²) in [5.74, 6) is 0.257. The van der Waals surface area contributed by atoms with Crippen LogP contribution in [0.15, 0.2) is 24.3 Å². The molecule has 1 heterocycles. The molecule has 0 saturated carbocycles. The molecule has 1 aliphatic rings. The Kier molecular flexibility index (Phi) is 4.57. The number of rotatable bonds is 4. The Bertz CT molecular complexity index is 504. The first-order chi connectivity index (χ1) is 9.58. The fourth-order valence-corrected chi connectivity index (χ4v) is 2.16. The van der Waals surface area contributed by atoms with Crippen LogP contribution in [-0.4, -0.2) is 37.7 Å². The number of hydrogen-bond donors (Lipinski definition) is 2. The van der Waals surface area contributed by atoms with Gasteiger partial charge in [-0.1, -0.05) is 6.07 Å². The number of amides is 1. The lowest BCUT2D eigenvalue weighted by Gasteiger charge is -2.13. The lowest BCUT2D eigenvalue weighted by atomic mass is 10.2. The molecule has 0 bridgehead atoms. The quantitative estimate of drug-likeness (QED) is 0.801. The van der Waals surface area contributed by atoms with Gasteiger partial charge in [0.15, 0.2) is 0 Å². The molecule has 20 heavy (non-hydrogen) atoms. The van der Waals surface area contributed by atoms with E-state index in [4.69, 9.17) is 9.47 Å². The predicted molar refractivity (Wildman–Crippen MR) is 73.6 cm³/mol. The number of anilines is 1. The van der Waals surface area contributed by atoms with Crippen LogP contribution in [0.1, 0.15) is 13.3 Å². The summed E-state index contributed by atoms with van der Waals surface area (Å²) in [7, 11) is 1.37. The molecule has 6 nitrogen and oxygen atoms in total. The average Bonchev–Trinajstić information content (AvgIpc) is 2.86. The molecular formula is C14H18N2O4. The molecule has 1 fully saturated rings. The maximum atomic E-state index is 11.4. The number of carbonyl (C=O) groups excluding carboxylic acids is 2. The first kappa shape index (κ1) is 14.3. The number of esters is 1. The van der Waals surface area contributed by atoms with E-state index in [1.54, 1.807) is 18.2 Å². The molecule has 2 N–H and O–H groups in total. The van der Waals surface area contributed by atoms with Gasteiger partial charge in [0, 0.05) is 31.6 Å². The van der Waals surface area contributed by atoms with Crippen molar-refractivity contribution in [2.75, 3.05) is 19.0 Å². The number of methoxy groups -OCH3 is 1. The topological polar surface area (TPSA) is 76.7 Å². The summed E-state index contributed by atoms with van der Waals surface area (Å²) in [6.45, 7) is 2.04. The van der Waals surface area contributed by atoms with E-state index in [1.165, 1.54) is 14.0 Å².